The van der Waals surface area contributed by atoms with Crippen LogP contribution in [0.15, 0.2) is 60.7 Å². The smallest absolute Gasteiger partial charge is 0.414 e. The number of carbonyl (C=O) groups is 2. The molecule has 26 heavy (non-hydrogen) atoms. The Morgan fingerprint density at radius 1 is 0.846 bits per heavy atom. The van der Waals surface area contributed by atoms with Crippen molar-refractivity contribution in [2.75, 3.05) is 13.1 Å². The minimum Gasteiger partial charge on any atom is -0.473 e. The lowest BCUT2D eigenvalue weighted by Crippen LogP contribution is -2.33. The van der Waals surface area contributed by atoms with Crippen molar-refractivity contribution in [3.05, 3.63) is 71.8 Å². The van der Waals surface area contributed by atoms with E-state index in [9.17, 15) is 0 Å². The zero-order valence-corrected chi connectivity index (χ0v) is 14.4. The average molecular weight is 357 g/mol. The van der Waals surface area contributed by atoms with Gasteiger partial charge in [0.25, 0.3) is 0 Å². The molecule has 3 rings (SSSR count). The number of aliphatic carboxylic acids is 2. The molecule has 0 aromatic heterocycles. The number of carboxylic acids is 2. The Morgan fingerprint density at radius 3 is 1.65 bits per heavy atom. The molecule has 0 atom stereocenters. The minimum atomic E-state index is -1.82. The zero-order valence-electron chi connectivity index (χ0n) is 14.4. The number of hydrogen-bond donors (Lipinski definition) is 3. The summed E-state index contributed by atoms with van der Waals surface area (Å²) in [6.07, 6.45) is 2.58. The van der Waals surface area contributed by atoms with Gasteiger partial charge in [0.15, 0.2) is 0 Å². The van der Waals surface area contributed by atoms with Crippen LogP contribution >= 0.6 is 0 Å². The largest absolute Gasteiger partial charge is 0.473 e. The Balaban J connectivity index is 0.000000352. The molecule has 0 amide bonds. The van der Waals surface area contributed by atoms with Crippen molar-refractivity contribution in [2.45, 2.75) is 25.0 Å². The molecule has 0 spiro atoms. The molecule has 1 fully saturated rings. The van der Waals surface area contributed by atoms with Crippen molar-refractivity contribution < 1.29 is 24.5 Å². The lowest BCUT2D eigenvalue weighted by atomic mass is 10.0. The van der Waals surface area contributed by atoms with Gasteiger partial charge < -0.3 is 20.3 Å². The summed E-state index contributed by atoms with van der Waals surface area (Å²) in [5.74, 6) is -3.65. The maximum absolute atomic E-state index is 9.10. The highest BCUT2D eigenvalue weighted by Gasteiger charge is 2.21. The summed E-state index contributed by atoms with van der Waals surface area (Å²) in [4.78, 5) is 18.2. The van der Waals surface area contributed by atoms with Gasteiger partial charge in [-0.3, -0.25) is 0 Å². The summed E-state index contributed by atoms with van der Waals surface area (Å²) in [5.41, 5.74) is 2.47. The molecular formula is C20H23NO5. The molecule has 0 saturated carbocycles. The fourth-order valence-corrected chi connectivity index (χ4v) is 2.73. The maximum Gasteiger partial charge on any atom is 0.414 e. The van der Waals surface area contributed by atoms with Gasteiger partial charge in [-0.25, -0.2) is 9.59 Å². The number of rotatable bonds is 4. The molecule has 1 heterocycles. The van der Waals surface area contributed by atoms with Crippen LogP contribution in [0.3, 0.4) is 0 Å². The van der Waals surface area contributed by atoms with E-state index in [0.717, 1.165) is 25.9 Å². The van der Waals surface area contributed by atoms with Crippen molar-refractivity contribution in [1.29, 1.82) is 0 Å². The molecule has 1 aliphatic heterocycles. The van der Waals surface area contributed by atoms with Gasteiger partial charge in [0, 0.05) is 0 Å². The quantitative estimate of drug-likeness (QED) is 0.728. The number of piperidine rings is 1. The number of nitrogens with one attached hydrogen (secondary N) is 1. The molecule has 2 aromatic carbocycles. The first-order chi connectivity index (χ1) is 12.6. The third-order valence-electron chi connectivity index (χ3n) is 4.00. The minimum absolute atomic E-state index is 0.0421. The fourth-order valence-electron chi connectivity index (χ4n) is 2.73. The van der Waals surface area contributed by atoms with Gasteiger partial charge in [-0.05, 0) is 37.1 Å². The molecule has 0 aliphatic carbocycles. The van der Waals surface area contributed by atoms with E-state index in [-0.39, 0.29) is 6.10 Å². The number of hydrogen-bond acceptors (Lipinski definition) is 4. The molecule has 6 nitrogen and oxygen atoms in total. The van der Waals surface area contributed by atoms with E-state index in [4.69, 9.17) is 24.5 Å². The number of ether oxygens (including phenoxy) is 1. The summed E-state index contributed by atoms with van der Waals surface area (Å²) in [6, 6.07) is 21.0. The van der Waals surface area contributed by atoms with Crippen molar-refractivity contribution in [1.82, 2.24) is 5.32 Å². The second-order valence-electron chi connectivity index (χ2n) is 5.90. The second kappa shape index (κ2) is 10.3. The molecule has 2 aromatic rings. The van der Waals surface area contributed by atoms with Gasteiger partial charge in [-0.15, -0.1) is 0 Å². The Bertz CT molecular complexity index is 632. The first-order valence-electron chi connectivity index (χ1n) is 8.50. The molecule has 1 aliphatic rings. The summed E-state index contributed by atoms with van der Waals surface area (Å²) in [6.45, 7) is 2.11. The fraction of sp³-hybridized carbons (Fsp3) is 0.300. The van der Waals surface area contributed by atoms with E-state index in [1.54, 1.807) is 0 Å². The Morgan fingerprint density at radius 2 is 1.27 bits per heavy atom. The molecule has 138 valence electrons. The molecule has 0 unspecified atom stereocenters. The molecule has 6 heteroatoms. The van der Waals surface area contributed by atoms with E-state index in [1.165, 1.54) is 11.1 Å². The van der Waals surface area contributed by atoms with E-state index >= 15 is 0 Å². The van der Waals surface area contributed by atoms with E-state index < -0.39 is 11.9 Å². The normalized spacial score (nSPS) is 14.3. The Kier molecular flexibility index (Phi) is 7.79. The van der Waals surface area contributed by atoms with Gasteiger partial charge >= 0.3 is 11.9 Å². The summed E-state index contributed by atoms with van der Waals surface area (Å²) < 4.78 is 6.42. The van der Waals surface area contributed by atoms with Crippen LogP contribution in [-0.2, 0) is 14.3 Å². The van der Waals surface area contributed by atoms with Crippen LogP contribution in [0.1, 0.15) is 30.1 Å². The van der Waals surface area contributed by atoms with Crippen molar-refractivity contribution >= 4 is 11.9 Å². The molecule has 0 radical (unpaired) electrons. The van der Waals surface area contributed by atoms with E-state index in [2.05, 4.69) is 66.0 Å². The molecule has 1 saturated heterocycles. The Hall–Kier alpha value is -2.70. The van der Waals surface area contributed by atoms with E-state index in [1.807, 2.05) is 0 Å². The van der Waals surface area contributed by atoms with Crippen molar-refractivity contribution in [3.63, 3.8) is 0 Å². The third-order valence-corrected chi connectivity index (χ3v) is 4.00. The Labute approximate surface area is 152 Å². The summed E-state index contributed by atoms with van der Waals surface area (Å²) in [5, 5.41) is 18.2. The zero-order chi connectivity index (χ0) is 18.8. The standard InChI is InChI=1S/C18H21NO.C2H2O4/c1-3-7-15(8-4-1)18(16-9-5-2-6-10-16)20-17-11-13-19-14-12-17;3-1(4)2(5)6/h1-10,17-19H,11-14H2;(H,3,4)(H,5,6). The van der Waals surface area contributed by atoms with Gasteiger partial charge in [-0.2, -0.15) is 0 Å². The lowest BCUT2D eigenvalue weighted by molar-refractivity contribution is -0.159. The second-order valence-corrected chi connectivity index (χ2v) is 5.90. The average Bonchev–Trinajstić information content (AvgIpc) is 2.69. The number of carboxylic acid groups (broad SMARTS) is 2. The topological polar surface area (TPSA) is 95.9 Å². The molecular weight excluding hydrogens is 334 g/mol. The van der Waals surface area contributed by atoms with Gasteiger partial charge in [0.1, 0.15) is 6.10 Å². The van der Waals surface area contributed by atoms with Crippen LogP contribution in [-0.4, -0.2) is 41.3 Å². The van der Waals surface area contributed by atoms with Gasteiger partial charge in [0.2, 0.25) is 0 Å². The molecule has 0 bridgehead atoms. The predicted octanol–water partition coefficient (Wildman–Crippen LogP) is 2.70. The van der Waals surface area contributed by atoms with Gasteiger partial charge in [0.05, 0.1) is 6.10 Å². The van der Waals surface area contributed by atoms with E-state index in [0.29, 0.717) is 6.10 Å². The van der Waals surface area contributed by atoms with Gasteiger partial charge in [-0.1, -0.05) is 60.7 Å². The molecule has 3 N–H and O–H groups in total. The van der Waals surface area contributed by atoms with Crippen molar-refractivity contribution in [2.24, 2.45) is 0 Å². The first kappa shape index (κ1) is 19.6. The monoisotopic (exact) mass is 357 g/mol. The third kappa shape index (κ3) is 6.31. The first-order valence-corrected chi connectivity index (χ1v) is 8.50. The van der Waals surface area contributed by atoms with Crippen LogP contribution in [0.4, 0.5) is 0 Å². The highest BCUT2D eigenvalue weighted by molar-refractivity contribution is 6.27. The van der Waals surface area contributed by atoms with Crippen LogP contribution in [0.25, 0.3) is 0 Å². The SMILES string of the molecule is O=C(O)C(=O)O.c1ccc(C(OC2CCNCC2)c2ccccc2)cc1. The van der Waals surface area contributed by atoms with Crippen LogP contribution in [0.5, 0.6) is 0 Å². The highest BCUT2D eigenvalue weighted by atomic mass is 16.5. The lowest BCUT2D eigenvalue weighted by Gasteiger charge is -2.28. The van der Waals surface area contributed by atoms with Crippen LogP contribution in [0.2, 0.25) is 0 Å². The van der Waals surface area contributed by atoms with Crippen LogP contribution in [0, 0.1) is 0 Å². The summed E-state index contributed by atoms with van der Waals surface area (Å²) >= 11 is 0. The highest BCUT2D eigenvalue weighted by Crippen LogP contribution is 2.28. The van der Waals surface area contributed by atoms with Crippen LogP contribution < -0.4 is 5.32 Å². The maximum atomic E-state index is 9.10. The predicted molar refractivity (Wildman–Crippen MR) is 97.0 cm³/mol. The summed E-state index contributed by atoms with van der Waals surface area (Å²) in [7, 11) is 0. The number of benzene rings is 2. The van der Waals surface area contributed by atoms with Crippen molar-refractivity contribution in [3.8, 4) is 0 Å².